The molecule has 0 unspecified atom stereocenters. The van der Waals surface area contributed by atoms with Gasteiger partial charge in [-0.05, 0) is 24.3 Å². The fourth-order valence-electron chi connectivity index (χ4n) is 3.30. The molecule has 0 aliphatic carbocycles. The Labute approximate surface area is 172 Å². The van der Waals surface area contributed by atoms with E-state index in [1.165, 1.54) is 11.3 Å². The highest BCUT2D eigenvalue weighted by Gasteiger charge is 2.22. The van der Waals surface area contributed by atoms with E-state index in [4.69, 9.17) is 9.47 Å². The Morgan fingerprint density at radius 2 is 1.90 bits per heavy atom. The second-order valence-corrected chi connectivity index (χ2v) is 7.60. The Balaban J connectivity index is 1.22. The Morgan fingerprint density at radius 3 is 2.59 bits per heavy atom. The first-order chi connectivity index (χ1) is 14.1. The highest BCUT2D eigenvalue weighted by atomic mass is 32.1. The molecule has 0 bridgehead atoms. The van der Waals surface area contributed by atoms with Gasteiger partial charge in [-0.1, -0.05) is 0 Å². The molecule has 2 aromatic heterocycles. The van der Waals surface area contributed by atoms with Gasteiger partial charge in [-0.2, -0.15) is 0 Å². The summed E-state index contributed by atoms with van der Waals surface area (Å²) in [6.07, 6.45) is 3.75. The summed E-state index contributed by atoms with van der Waals surface area (Å²) in [5, 5.41) is 1.93. The quantitative estimate of drug-likeness (QED) is 0.573. The lowest BCUT2D eigenvalue weighted by atomic mass is 10.2. The van der Waals surface area contributed by atoms with E-state index < -0.39 is 5.97 Å². The molecular formula is C20H22N4O4S. The van der Waals surface area contributed by atoms with Gasteiger partial charge in [0.05, 0.1) is 19.2 Å². The summed E-state index contributed by atoms with van der Waals surface area (Å²) in [6, 6.07) is 7.88. The van der Waals surface area contributed by atoms with Crippen molar-refractivity contribution < 1.29 is 19.1 Å². The van der Waals surface area contributed by atoms with Gasteiger partial charge in [0.1, 0.15) is 5.75 Å². The molecule has 9 heteroatoms. The summed E-state index contributed by atoms with van der Waals surface area (Å²) in [4.78, 5) is 33.5. The third-order valence-corrected chi connectivity index (χ3v) is 5.67. The minimum absolute atomic E-state index is 0.0624. The number of aromatic nitrogens is 2. The topological polar surface area (TPSA) is 76.4 Å². The SMILES string of the molecule is COc1ccc(N2CCN(C(=O)COC(=O)Cc3cn4ccsc4n3)CC2)cc1. The van der Waals surface area contributed by atoms with Gasteiger partial charge in [-0.15, -0.1) is 11.3 Å². The maximum atomic E-state index is 12.4. The maximum absolute atomic E-state index is 12.4. The molecule has 29 heavy (non-hydrogen) atoms. The number of hydrogen-bond donors (Lipinski definition) is 0. The lowest BCUT2D eigenvalue weighted by Gasteiger charge is -2.36. The van der Waals surface area contributed by atoms with Crippen molar-refractivity contribution in [3.05, 3.63) is 47.7 Å². The second kappa shape index (κ2) is 8.52. The van der Waals surface area contributed by atoms with Crippen LogP contribution in [0, 0.1) is 0 Å². The van der Waals surface area contributed by atoms with Crippen LogP contribution in [0.5, 0.6) is 5.75 Å². The van der Waals surface area contributed by atoms with Gasteiger partial charge < -0.3 is 19.3 Å². The van der Waals surface area contributed by atoms with Gasteiger partial charge in [-0.25, -0.2) is 4.98 Å². The number of anilines is 1. The van der Waals surface area contributed by atoms with Gasteiger partial charge in [0.25, 0.3) is 5.91 Å². The number of imidazole rings is 1. The highest BCUT2D eigenvalue weighted by Crippen LogP contribution is 2.20. The van der Waals surface area contributed by atoms with E-state index in [0.717, 1.165) is 29.5 Å². The molecule has 1 aliphatic heterocycles. The van der Waals surface area contributed by atoms with Crippen LogP contribution in [0.1, 0.15) is 5.69 Å². The van der Waals surface area contributed by atoms with E-state index in [-0.39, 0.29) is 18.9 Å². The van der Waals surface area contributed by atoms with Gasteiger partial charge in [-0.3, -0.25) is 14.0 Å². The monoisotopic (exact) mass is 414 g/mol. The number of nitrogens with zero attached hydrogens (tertiary/aromatic N) is 4. The number of esters is 1. The summed E-state index contributed by atoms with van der Waals surface area (Å²) in [7, 11) is 1.64. The average molecular weight is 414 g/mol. The van der Waals surface area contributed by atoms with Crippen molar-refractivity contribution in [1.82, 2.24) is 14.3 Å². The van der Waals surface area contributed by atoms with Crippen molar-refractivity contribution >= 4 is 33.9 Å². The van der Waals surface area contributed by atoms with Crippen molar-refractivity contribution in [2.75, 3.05) is 44.8 Å². The first-order valence-corrected chi connectivity index (χ1v) is 10.2. The molecule has 0 radical (unpaired) electrons. The predicted octanol–water partition coefficient (Wildman–Crippen LogP) is 1.84. The van der Waals surface area contributed by atoms with Crippen molar-refractivity contribution in [1.29, 1.82) is 0 Å². The normalized spacial score (nSPS) is 14.2. The van der Waals surface area contributed by atoms with Crippen LogP contribution in [0.4, 0.5) is 5.69 Å². The molecule has 4 rings (SSSR count). The molecule has 1 amide bonds. The lowest BCUT2D eigenvalue weighted by molar-refractivity contribution is -0.151. The first-order valence-electron chi connectivity index (χ1n) is 9.36. The van der Waals surface area contributed by atoms with E-state index in [1.807, 2.05) is 40.2 Å². The zero-order valence-electron chi connectivity index (χ0n) is 16.1. The molecule has 1 fully saturated rings. The smallest absolute Gasteiger partial charge is 0.312 e. The molecule has 1 saturated heterocycles. The molecule has 3 heterocycles. The summed E-state index contributed by atoms with van der Waals surface area (Å²) in [5.41, 5.74) is 1.74. The summed E-state index contributed by atoms with van der Waals surface area (Å²) in [6.45, 7) is 2.43. The Hall–Kier alpha value is -3.07. The number of benzene rings is 1. The van der Waals surface area contributed by atoms with Crippen molar-refractivity contribution in [3.8, 4) is 5.75 Å². The fourth-order valence-corrected chi connectivity index (χ4v) is 4.02. The minimum atomic E-state index is -0.444. The Kier molecular flexibility index (Phi) is 5.66. The predicted molar refractivity (Wildman–Crippen MR) is 110 cm³/mol. The molecule has 0 N–H and O–H groups in total. The van der Waals surface area contributed by atoms with E-state index in [9.17, 15) is 9.59 Å². The van der Waals surface area contributed by atoms with Crippen molar-refractivity contribution in [2.45, 2.75) is 6.42 Å². The first kappa shape index (κ1) is 19.3. The van der Waals surface area contributed by atoms with E-state index in [0.29, 0.717) is 18.8 Å². The third kappa shape index (κ3) is 4.51. The zero-order chi connectivity index (χ0) is 20.2. The molecule has 0 atom stereocenters. The molecule has 152 valence electrons. The van der Waals surface area contributed by atoms with Gasteiger partial charge >= 0.3 is 5.97 Å². The van der Waals surface area contributed by atoms with Crippen LogP contribution in [0.25, 0.3) is 4.96 Å². The second-order valence-electron chi connectivity index (χ2n) is 6.73. The van der Waals surface area contributed by atoms with Crippen LogP contribution in [-0.4, -0.2) is 66.1 Å². The van der Waals surface area contributed by atoms with Crippen LogP contribution < -0.4 is 9.64 Å². The van der Waals surface area contributed by atoms with Crippen LogP contribution in [-0.2, 0) is 20.7 Å². The number of thiazole rings is 1. The molecule has 0 saturated carbocycles. The van der Waals surface area contributed by atoms with E-state index >= 15 is 0 Å². The number of methoxy groups -OCH3 is 1. The molecular weight excluding hydrogens is 392 g/mol. The number of amides is 1. The molecule has 0 spiro atoms. The number of ether oxygens (including phenoxy) is 2. The van der Waals surface area contributed by atoms with Crippen LogP contribution >= 0.6 is 11.3 Å². The largest absolute Gasteiger partial charge is 0.497 e. The summed E-state index contributed by atoms with van der Waals surface area (Å²) in [5.74, 6) is 0.208. The maximum Gasteiger partial charge on any atom is 0.312 e. The number of carbonyl (C=O) groups excluding carboxylic acids is 2. The number of hydrogen-bond acceptors (Lipinski definition) is 7. The Bertz CT molecular complexity index is 961. The van der Waals surface area contributed by atoms with Gasteiger partial charge in [0, 0.05) is 49.6 Å². The third-order valence-electron chi connectivity index (χ3n) is 4.90. The minimum Gasteiger partial charge on any atom is -0.497 e. The van der Waals surface area contributed by atoms with Gasteiger partial charge in [0.15, 0.2) is 11.6 Å². The van der Waals surface area contributed by atoms with Crippen LogP contribution in [0.15, 0.2) is 42.0 Å². The standard InChI is InChI=1S/C20H22N4O4S/c1-27-17-4-2-16(3-5-17)22-6-8-23(9-7-22)18(25)14-28-19(26)12-15-13-24-10-11-29-20(24)21-15/h2-5,10-11,13H,6-9,12,14H2,1H3. The molecule has 1 aromatic carbocycles. The number of carbonyl (C=O) groups is 2. The van der Waals surface area contributed by atoms with E-state index in [2.05, 4.69) is 9.88 Å². The van der Waals surface area contributed by atoms with Crippen LogP contribution in [0.3, 0.4) is 0 Å². The molecule has 1 aliphatic rings. The molecule has 8 nitrogen and oxygen atoms in total. The zero-order valence-corrected chi connectivity index (χ0v) is 16.9. The summed E-state index contributed by atoms with van der Waals surface area (Å²) >= 11 is 1.50. The molecule has 3 aromatic rings. The Morgan fingerprint density at radius 1 is 1.14 bits per heavy atom. The van der Waals surface area contributed by atoms with Crippen molar-refractivity contribution in [2.24, 2.45) is 0 Å². The highest BCUT2D eigenvalue weighted by molar-refractivity contribution is 7.15. The number of fused-ring (bicyclic) bond motifs is 1. The summed E-state index contributed by atoms with van der Waals surface area (Å²) < 4.78 is 12.2. The van der Waals surface area contributed by atoms with Gasteiger partial charge in [0.2, 0.25) is 0 Å². The number of piperazine rings is 1. The van der Waals surface area contributed by atoms with Crippen LogP contribution in [0.2, 0.25) is 0 Å². The van der Waals surface area contributed by atoms with E-state index in [1.54, 1.807) is 18.2 Å². The average Bonchev–Trinajstić information content (AvgIpc) is 3.34. The lowest BCUT2D eigenvalue weighted by Crippen LogP contribution is -2.49. The number of rotatable bonds is 6. The fraction of sp³-hybridized carbons (Fsp3) is 0.350. The van der Waals surface area contributed by atoms with Crippen molar-refractivity contribution in [3.63, 3.8) is 0 Å².